The van der Waals surface area contributed by atoms with Gasteiger partial charge in [0.05, 0.1) is 13.3 Å². The second kappa shape index (κ2) is 7.53. The van der Waals surface area contributed by atoms with Crippen LogP contribution < -0.4 is 14.9 Å². The van der Waals surface area contributed by atoms with E-state index in [1.165, 1.54) is 25.0 Å². The Morgan fingerprint density at radius 1 is 1.28 bits per heavy atom. The third kappa shape index (κ3) is 4.17. The van der Waals surface area contributed by atoms with Crippen LogP contribution in [0.25, 0.3) is 6.08 Å². The van der Waals surface area contributed by atoms with Crippen molar-refractivity contribution in [2.75, 3.05) is 13.7 Å². The number of allylic oxidation sites excluding steroid dienone is 1. The molecule has 0 fully saturated rings. The van der Waals surface area contributed by atoms with E-state index in [-0.39, 0.29) is 12.4 Å². The molecule has 25 heavy (non-hydrogen) atoms. The van der Waals surface area contributed by atoms with Gasteiger partial charge in [0, 0.05) is 5.56 Å². The molecule has 1 aliphatic rings. The van der Waals surface area contributed by atoms with E-state index in [1.807, 2.05) is 24.3 Å². The van der Waals surface area contributed by atoms with Crippen LogP contribution in [0.5, 0.6) is 17.2 Å². The second-order valence-corrected chi connectivity index (χ2v) is 5.47. The van der Waals surface area contributed by atoms with Gasteiger partial charge in [-0.15, -0.1) is 0 Å². The van der Waals surface area contributed by atoms with Crippen molar-refractivity contribution in [1.82, 2.24) is 5.43 Å². The first-order chi connectivity index (χ1) is 12.2. The van der Waals surface area contributed by atoms with Crippen LogP contribution >= 0.6 is 0 Å². The Labute approximate surface area is 145 Å². The molecule has 3 rings (SSSR count). The molecule has 1 amide bonds. The Hall–Kier alpha value is -3.28. The largest absolute Gasteiger partial charge is 0.507 e. The van der Waals surface area contributed by atoms with Crippen molar-refractivity contribution >= 4 is 18.2 Å². The van der Waals surface area contributed by atoms with Gasteiger partial charge in [0.1, 0.15) is 17.2 Å². The van der Waals surface area contributed by atoms with Gasteiger partial charge in [0.2, 0.25) is 0 Å². The number of hydrazone groups is 1. The fraction of sp³-hybridized carbons (Fsp3) is 0.158. The van der Waals surface area contributed by atoms with E-state index in [0.29, 0.717) is 17.1 Å². The van der Waals surface area contributed by atoms with E-state index < -0.39 is 5.91 Å². The van der Waals surface area contributed by atoms with Crippen LogP contribution in [-0.2, 0) is 11.2 Å². The van der Waals surface area contributed by atoms with Gasteiger partial charge < -0.3 is 14.6 Å². The minimum atomic E-state index is -0.394. The first kappa shape index (κ1) is 16.6. The molecule has 2 N–H and O–H groups in total. The summed E-state index contributed by atoms with van der Waals surface area (Å²) in [5.41, 5.74) is 5.16. The summed E-state index contributed by atoms with van der Waals surface area (Å²) in [7, 11) is 1.53. The van der Waals surface area contributed by atoms with Gasteiger partial charge in [-0.25, -0.2) is 5.43 Å². The minimum Gasteiger partial charge on any atom is -0.507 e. The standard InChI is InChI=1S/C19H18N2O4/c1-24-16-7-8-18(22)15(10-16)11-20-21-19(23)12-25-17-6-5-13-3-2-4-14(13)9-17/h2,4-11,22H,3,12H2,1H3,(H,21,23)/b20-11-. The zero-order valence-electron chi connectivity index (χ0n) is 13.7. The molecule has 2 aromatic carbocycles. The predicted molar refractivity (Wildman–Crippen MR) is 95.1 cm³/mol. The Balaban J connectivity index is 1.52. The monoisotopic (exact) mass is 338 g/mol. The molecule has 0 saturated carbocycles. The first-order valence-electron chi connectivity index (χ1n) is 7.77. The highest BCUT2D eigenvalue weighted by molar-refractivity contribution is 5.86. The molecule has 0 bridgehead atoms. The molecule has 0 unspecified atom stereocenters. The molecule has 0 aromatic heterocycles. The number of methoxy groups -OCH3 is 1. The summed E-state index contributed by atoms with van der Waals surface area (Å²) in [6.07, 6.45) is 6.40. The number of hydrogen-bond acceptors (Lipinski definition) is 5. The molecule has 0 radical (unpaired) electrons. The highest BCUT2D eigenvalue weighted by Crippen LogP contribution is 2.24. The maximum absolute atomic E-state index is 11.8. The van der Waals surface area contributed by atoms with Crippen molar-refractivity contribution in [3.63, 3.8) is 0 Å². The van der Waals surface area contributed by atoms with Crippen LogP contribution in [0.4, 0.5) is 0 Å². The fourth-order valence-electron chi connectivity index (χ4n) is 2.43. The molecule has 0 aliphatic heterocycles. The average molecular weight is 338 g/mol. The quantitative estimate of drug-likeness (QED) is 0.626. The van der Waals surface area contributed by atoms with Crippen LogP contribution in [0.1, 0.15) is 16.7 Å². The number of benzene rings is 2. The zero-order valence-corrected chi connectivity index (χ0v) is 13.7. The van der Waals surface area contributed by atoms with Crippen molar-refractivity contribution in [3.8, 4) is 17.2 Å². The molecule has 6 nitrogen and oxygen atoms in total. The van der Waals surface area contributed by atoms with Crippen molar-refractivity contribution in [3.05, 3.63) is 59.2 Å². The van der Waals surface area contributed by atoms with Crippen LogP contribution in [0.3, 0.4) is 0 Å². The number of aromatic hydroxyl groups is 1. The molecule has 1 aliphatic carbocycles. The Morgan fingerprint density at radius 2 is 2.12 bits per heavy atom. The van der Waals surface area contributed by atoms with Gasteiger partial charge in [-0.2, -0.15) is 5.10 Å². The van der Waals surface area contributed by atoms with E-state index >= 15 is 0 Å². The van der Waals surface area contributed by atoms with E-state index in [2.05, 4.69) is 16.6 Å². The molecular weight excluding hydrogens is 320 g/mol. The van der Waals surface area contributed by atoms with Gasteiger partial charge in [-0.1, -0.05) is 18.2 Å². The third-order valence-corrected chi connectivity index (χ3v) is 3.75. The van der Waals surface area contributed by atoms with Crippen molar-refractivity contribution < 1.29 is 19.4 Å². The molecule has 6 heteroatoms. The summed E-state index contributed by atoms with van der Waals surface area (Å²) in [6.45, 7) is -0.149. The lowest BCUT2D eigenvalue weighted by atomic mass is 10.1. The third-order valence-electron chi connectivity index (χ3n) is 3.75. The number of nitrogens with one attached hydrogen (secondary N) is 1. The zero-order chi connectivity index (χ0) is 17.6. The second-order valence-electron chi connectivity index (χ2n) is 5.47. The summed E-state index contributed by atoms with van der Waals surface area (Å²) in [5, 5.41) is 13.6. The number of phenols is 1. The summed E-state index contributed by atoms with van der Waals surface area (Å²) >= 11 is 0. The lowest BCUT2D eigenvalue weighted by Crippen LogP contribution is -2.24. The number of hydrogen-bond donors (Lipinski definition) is 2. The molecule has 0 spiro atoms. The van der Waals surface area contributed by atoms with Crippen molar-refractivity contribution in [2.24, 2.45) is 5.10 Å². The number of fused-ring (bicyclic) bond motifs is 1. The van der Waals surface area contributed by atoms with Gasteiger partial charge >= 0.3 is 0 Å². The summed E-state index contributed by atoms with van der Waals surface area (Å²) in [5.74, 6) is 0.866. The number of amides is 1. The number of phenolic OH excluding ortho intramolecular Hbond substituents is 1. The molecule has 0 saturated heterocycles. The van der Waals surface area contributed by atoms with Gasteiger partial charge in [0.15, 0.2) is 6.61 Å². The maximum atomic E-state index is 11.8. The molecule has 128 valence electrons. The molecule has 2 aromatic rings. The van der Waals surface area contributed by atoms with Gasteiger partial charge in [-0.05, 0) is 47.9 Å². The fourth-order valence-corrected chi connectivity index (χ4v) is 2.43. The van der Waals surface area contributed by atoms with E-state index in [1.54, 1.807) is 12.1 Å². The predicted octanol–water partition coefficient (Wildman–Crippen LogP) is 2.50. The van der Waals surface area contributed by atoms with Gasteiger partial charge in [0.25, 0.3) is 5.91 Å². The Kier molecular flexibility index (Phi) is 4.99. The summed E-state index contributed by atoms with van der Waals surface area (Å²) in [4.78, 5) is 11.8. The molecular formula is C19H18N2O4. The topological polar surface area (TPSA) is 80.2 Å². The highest BCUT2D eigenvalue weighted by Gasteiger charge is 2.07. The Bertz CT molecular complexity index is 843. The van der Waals surface area contributed by atoms with Crippen LogP contribution in [0.2, 0.25) is 0 Å². The molecule has 0 atom stereocenters. The van der Waals surface area contributed by atoms with E-state index in [4.69, 9.17) is 9.47 Å². The number of carbonyl (C=O) groups excluding carboxylic acids is 1. The van der Waals surface area contributed by atoms with Crippen LogP contribution in [0, 0.1) is 0 Å². The molecule has 0 heterocycles. The number of rotatable bonds is 6. The van der Waals surface area contributed by atoms with E-state index in [0.717, 1.165) is 12.0 Å². The smallest absolute Gasteiger partial charge is 0.277 e. The summed E-state index contributed by atoms with van der Waals surface area (Å²) in [6, 6.07) is 10.5. The van der Waals surface area contributed by atoms with Gasteiger partial charge in [-0.3, -0.25) is 4.79 Å². The van der Waals surface area contributed by atoms with Crippen molar-refractivity contribution in [1.29, 1.82) is 0 Å². The number of ether oxygens (including phenoxy) is 2. The Morgan fingerprint density at radius 3 is 2.96 bits per heavy atom. The number of carbonyl (C=O) groups is 1. The average Bonchev–Trinajstić information content (AvgIpc) is 3.09. The highest BCUT2D eigenvalue weighted by atomic mass is 16.5. The van der Waals surface area contributed by atoms with Crippen LogP contribution in [-0.4, -0.2) is 30.9 Å². The number of nitrogens with zero attached hydrogens (tertiary/aromatic N) is 1. The summed E-state index contributed by atoms with van der Waals surface area (Å²) < 4.78 is 10.5. The lowest BCUT2D eigenvalue weighted by molar-refractivity contribution is -0.123. The maximum Gasteiger partial charge on any atom is 0.277 e. The minimum absolute atomic E-state index is 0.0428. The normalized spacial score (nSPS) is 12.2. The lowest BCUT2D eigenvalue weighted by Gasteiger charge is -2.07. The van der Waals surface area contributed by atoms with Crippen molar-refractivity contribution in [2.45, 2.75) is 6.42 Å². The van der Waals surface area contributed by atoms with E-state index in [9.17, 15) is 9.90 Å². The SMILES string of the molecule is COc1ccc(O)c(/C=N\NC(=O)COc2ccc3c(c2)C=CC3)c1. The first-order valence-corrected chi connectivity index (χ1v) is 7.77. The van der Waals surface area contributed by atoms with Crippen LogP contribution in [0.15, 0.2) is 47.6 Å².